The van der Waals surface area contributed by atoms with Crippen LogP contribution in [-0.2, 0) is 18.9 Å². The zero-order chi connectivity index (χ0) is 29.0. The van der Waals surface area contributed by atoms with Crippen molar-refractivity contribution >= 4 is 0 Å². The zero-order valence-electron chi connectivity index (χ0n) is 22.6. The lowest BCUT2D eigenvalue weighted by Gasteiger charge is -2.49. The lowest BCUT2D eigenvalue weighted by Crippen LogP contribution is -2.69. The maximum absolute atomic E-state index is 11.6. The van der Waals surface area contributed by atoms with Crippen LogP contribution >= 0.6 is 0 Å². The number of hydrogen-bond acceptors (Lipinski definition) is 16. The number of nitrogens with one attached hydrogen (secondary N) is 3. The molecular weight excluding hydrogens is 532 g/mol. The van der Waals surface area contributed by atoms with Crippen LogP contribution in [0.3, 0.4) is 0 Å². The summed E-state index contributed by atoms with van der Waals surface area (Å²) in [5.41, 5.74) is 18.3. The molecule has 4 fully saturated rings. The van der Waals surface area contributed by atoms with Crippen LogP contribution in [0.5, 0.6) is 0 Å². The van der Waals surface area contributed by atoms with E-state index in [0.717, 1.165) is 25.9 Å². The summed E-state index contributed by atoms with van der Waals surface area (Å²) in [6.07, 6.45) is -8.08. The number of nitrogens with two attached hydrogens (primary N) is 3. The van der Waals surface area contributed by atoms with E-state index in [0.29, 0.717) is 6.54 Å². The van der Waals surface area contributed by atoms with E-state index >= 15 is 0 Å². The Morgan fingerprint density at radius 3 is 2.17 bits per heavy atom. The van der Waals surface area contributed by atoms with Gasteiger partial charge in [0.05, 0.1) is 44.1 Å². The molecule has 16 nitrogen and oxygen atoms in total. The van der Waals surface area contributed by atoms with Crippen molar-refractivity contribution in [2.45, 2.75) is 111 Å². The van der Waals surface area contributed by atoms with Crippen molar-refractivity contribution < 1.29 is 49.6 Å². The number of rotatable bonds is 12. The van der Waals surface area contributed by atoms with E-state index in [2.05, 4.69) is 16.0 Å². The first kappa shape index (κ1) is 32.3. The Bertz CT molecular complexity index is 768. The highest BCUT2D eigenvalue weighted by Gasteiger charge is 2.51. The maximum atomic E-state index is 11.6. The maximum Gasteiger partial charge on any atom is 0.186 e. The molecule has 234 valence electrons. The number of aliphatic hydroxyl groups is 6. The van der Waals surface area contributed by atoms with Crippen LogP contribution in [0.25, 0.3) is 0 Å². The van der Waals surface area contributed by atoms with Crippen LogP contribution in [0, 0.1) is 0 Å². The summed E-state index contributed by atoms with van der Waals surface area (Å²) in [5, 5.41) is 71.2. The van der Waals surface area contributed by atoms with Crippen LogP contribution in [0.2, 0.25) is 0 Å². The van der Waals surface area contributed by atoms with Crippen LogP contribution < -0.4 is 33.2 Å². The first-order chi connectivity index (χ1) is 19.2. The average molecular weight is 581 g/mol. The third-order valence-electron chi connectivity index (χ3n) is 8.38. The normalized spacial score (nSPS) is 45.0. The second-order valence-corrected chi connectivity index (χ2v) is 11.3. The van der Waals surface area contributed by atoms with E-state index in [-0.39, 0.29) is 24.6 Å². The Labute approximate surface area is 233 Å². The molecule has 1 saturated carbocycles. The minimum atomic E-state index is -1.48. The van der Waals surface area contributed by atoms with Crippen molar-refractivity contribution in [2.24, 2.45) is 17.2 Å². The fourth-order valence-corrected chi connectivity index (χ4v) is 5.79. The van der Waals surface area contributed by atoms with E-state index in [9.17, 15) is 30.6 Å². The van der Waals surface area contributed by atoms with Crippen LogP contribution in [0.4, 0.5) is 0 Å². The predicted molar refractivity (Wildman–Crippen MR) is 139 cm³/mol. The van der Waals surface area contributed by atoms with Crippen LogP contribution in [0.1, 0.15) is 19.3 Å². The Kier molecular flexibility index (Phi) is 11.9. The number of hydrogen-bond donors (Lipinski definition) is 12. The lowest BCUT2D eigenvalue weighted by molar-refractivity contribution is -0.315. The molecule has 13 atom stereocenters. The monoisotopic (exact) mass is 580 g/mol. The summed E-state index contributed by atoms with van der Waals surface area (Å²) in [6, 6.07) is -3.23. The quantitative estimate of drug-likeness (QED) is 0.102. The van der Waals surface area contributed by atoms with Crippen molar-refractivity contribution in [3.05, 3.63) is 0 Å². The van der Waals surface area contributed by atoms with Gasteiger partial charge in [-0.3, -0.25) is 0 Å². The van der Waals surface area contributed by atoms with Gasteiger partial charge >= 0.3 is 0 Å². The summed E-state index contributed by atoms with van der Waals surface area (Å²) in [5.74, 6) is 0. The molecule has 4 rings (SSSR count). The second-order valence-electron chi connectivity index (χ2n) is 11.3. The standard InChI is InChI=1S/C24H48N6O10/c25-4-12-1-2-14(29-10-5-28-6-10)23(37-12)39-21-13(26)3-15(30-11(7-31)8-32)22(20(21)36)40-24-19(35)17(27)18(34)16(9-33)38-24/h10-24,28-36H,1-9,25-27H2/t12-,13-,14+,15+,16+,17-,18+,19+,20-,21?,22-,23+,24+/m0/s1. The minimum Gasteiger partial charge on any atom is -0.395 e. The molecule has 0 aromatic carbocycles. The third kappa shape index (κ3) is 7.28. The molecule has 3 saturated heterocycles. The van der Waals surface area contributed by atoms with Crippen LogP contribution in [0.15, 0.2) is 0 Å². The van der Waals surface area contributed by atoms with Gasteiger partial charge in [-0.15, -0.1) is 0 Å². The molecule has 0 aromatic heterocycles. The zero-order valence-corrected chi connectivity index (χ0v) is 22.6. The highest BCUT2D eigenvalue weighted by atomic mass is 16.7. The molecule has 15 N–H and O–H groups in total. The van der Waals surface area contributed by atoms with Crippen LogP contribution in [-0.4, -0.2) is 162 Å². The Hall–Kier alpha value is -0.640. The Balaban J connectivity index is 1.53. The van der Waals surface area contributed by atoms with Crippen molar-refractivity contribution in [1.29, 1.82) is 0 Å². The molecule has 1 aliphatic carbocycles. The Morgan fingerprint density at radius 2 is 1.57 bits per heavy atom. The van der Waals surface area contributed by atoms with Crippen molar-refractivity contribution in [3.8, 4) is 0 Å². The van der Waals surface area contributed by atoms with E-state index in [1.165, 1.54) is 0 Å². The summed E-state index contributed by atoms with van der Waals surface area (Å²) >= 11 is 0. The molecule has 0 amide bonds. The predicted octanol–water partition coefficient (Wildman–Crippen LogP) is -6.68. The van der Waals surface area contributed by atoms with Crippen molar-refractivity contribution in [3.63, 3.8) is 0 Å². The van der Waals surface area contributed by atoms with E-state index in [4.69, 9.17) is 36.1 Å². The fraction of sp³-hybridized carbons (Fsp3) is 1.00. The van der Waals surface area contributed by atoms with Gasteiger partial charge < -0.3 is 82.7 Å². The molecular formula is C24H48N6O10. The largest absolute Gasteiger partial charge is 0.395 e. The molecule has 1 unspecified atom stereocenters. The molecule has 0 bridgehead atoms. The highest BCUT2D eigenvalue weighted by Crippen LogP contribution is 2.32. The smallest absolute Gasteiger partial charge is 0.186 e. The summed E-state index contributed by atoms with van der Waals surface area (Å²) < 4.78 is 24.2. The van der Waals surface area contributed by atoms with Gasteiger partial charge in [0.25, 0.3) is 0 Å². The molecule has 0 spiro atoms. The van der Waals surface area contributed by atoms with Gasteiger partial charge in [-0.1, -0.05) is 0 Å². The van der Waals surface area contributed by atoms with Crippen molar-refractivity contribution in [2.75, 3.05) is 39.5 Å². The number of ether oxygens (including phenoxy) is 4. The molecule has 3 heterocycles. The Morgan fingerprint density at radius 1 is 0.875 bits per heavy atom. The minimum absolute atomic E-state index is 0.161. The molecule has 0 aromatic rings. The SMILES string of the molecule is NC[C@@H]1CC[C@@H](NC2CNC2)[C@@H](OC2[C@@H](N)C[C@@H](NC(CO)CO)[C@H](O[C@H]3O[C@H](CO)[C@@H](O)[C@H](N)[C@H]3O)[C@H]2O)O1. The summed E-state index contributed by atoms with van der Waals surface area (Å²) in [4.78, 5) is 0. The van der Waals surface area contributed by atoms with E-state index in [1.807, 2.05) is 0 Å². The van der Waals surface area contributed by atoms with E-state index in [1.54, 1.807) is 0 Å². The molecule has 4 aliphatic rings. The van der Waals surface area contributed by atoms with Gasteiger partial charge in [0.1, 0.15) is 36.6 Å². The van der Waals surface area contributed by atoms with E-state index < -0.39 is 93.2 Å². The molecule has 40 heavy (non-hydrogen) atoms. The molecule has 0 radical (unpaired) electrons. The van der Waals surface area contributed by atoms with Gasteiger partial charge in [-0.2, -0.15) is 0 Å². The second kappa shape index (κ2) is 14.7. The van der Waals surface area contributed by atoms with Gasteiger partial charge in [0.2, 0.25) is 0 Å². The third-order valence-corrected chi connectivity index (χ3v) is 8.38. The van der Waals surface area contributed by atoms with Gasteiger partial charge in [-0.05, 0) is 19.3 Å². The lowest BCUT2D eigenvalue weighted by atomic mass is 9.83. The molecule has 16 heteroatoms. The summed E-state index contributed by atoms with van der Waals surface area (Å²) in [6.45, 7) is 0.604. The molecule has 3 aliphatic heterocycles. The number of aliphatic hydroxyl groups excluding tert-OH is 6. The van der Waals surface area contributed by atoms with Crippen molar-refractivity contribution in [1.82, 2.24) is 16.0 Å². The average Bonchev–Trinajstić information content (AvgIpc) is 2.93. The highest BCUT2D eigenvalue weighted by molar-refractivity contribution is 5.03. The van der Waals surface area contributed by atoms with Gasteiger partial charge in [-0.25, -0.2) is 0 Å². The van der Waals surface area contributed by atoms with Gasteiger partial charge in [0.15, 0.2) is 12.6 Å². The first-order valence-corrected chi connectivity index (χ1v) is 14.1. The first-order valence-electron chi connectivity index (χ1n) is 14.1. The fourth-order valence-electron chi connectivity index (χ4n) is 5.79. The van der Waals surface area contributed by atoms with Gasteiger partial charge in [0, 0.05) is 37.8 Å². The topological polar surface area (TPSA) is 272 Å². The summed E-state index contributed by atoms with van der Waals surface area (Å²) in [7, 11) is 0.